The van der Waals surface area contributed by atoms with E-state index in [4.69, 9.17) is 4.74 Å². The van der Waals surface area contributed by atoms with E-state index in [2.05, 4.69) is 17.1 Å². The summed E-state index contributed by atoms with van der Waals surface area (Å²) >= 11 is 0. The molecule has 2 rings (SSSR count). The molecule has 100 valence electrons. The van der Waals surface area contributed by atoms with E-state index in [1.807, 2.05) is 7.11 Å². The average molecular weight is 240 g/mol. The first-order valence-electron chi connectivity index (χ1n) is 7.26. The van der Waals surface area contributed by atoms with E-state index >= 15 is 0 Å². The minimum absolute atomic E-state index is 0.518. The molecule has 0 aromatic heterocycles. The highest BCUT2D eigenvalue weighted by Gasteiger charge is 2.28. The third-order valence-electron chi connectivity index (χ3n) is 4.20. The minimum Gasteiger partial charge on any atom is -0.381 e. The number of likely N-dealkylation sites (tertiary alicyclic amines) is 1. The lowest BCUT2D eigenvalue weighted by Gasteiger charge is -2.36. The molecule has 1 saturated heterocycles. The van der Waals surface area contributed by atoms with E-state index in [9.17, 15) is 0 Å². The van der Waals surface area contributed by atoms with Gasteiger partial charge in [-0.3, -0.25) is 0 Å². The Morgan fingerprint density at radius 3 is 2.59 bits per heavy atom. The molecule has 1 N–H and O–H groups in total. The van der Waals surface area contributed by atoms with E-state index < -0.39 is 0 Å². The lowest BCUT2D eigenvalue weighted by molar-refractivity contribution is 0.0162. The van der Waals surface area contributed by atoms with Crippen molar-refractivity contribution in [3.8, 4) is 0 Å². The summed E-state index contributed by atoms with van der Waals surface area (Å²) in [6.45, 7) is 7.44. The van der Waals surface area contributed by atoms with Crippen molar-refractivity contribution in [1.82, 2.24) is 10.2 Å². The zero-order valence-electron chi connectivity index (χ0n) is 11.5. The number of rotatable bonds is 6. The van der Waals surface area contributed by atoms with Crippen molar-refractivity contribution in [2.24, 2.45) is 5.92 Å². The summed E-state index contributed by atoms with van der Waals surface area (Å²) in [7, 11) is 1.82. The Hall–Kier alpha value is -0.120. The van der Waals surface area contributed by atoms with Crippen LogP contribution in [0.1, 0.15) is 39.0 Å². The molecule has 2 fully saturated rings. The van der Waals surface area contributed by atoms with Gasteiger partial charge in [-0.2, -0.15) is 0 Å². The van der Waals surface area contributed by atoms with Crippen molar-refractivity contribution in [3.05, 3.63) is 0 Å². The van der Waals surface area contributed by atoms with E-state index in [0.29, 0.717) is 12.1 Å². The van der Waals surface area contributed by atoms with Gasteiger partial charge in [0.1, 0.15) is 0 Å². The van der Waals surface area contributed by atoms with Crippen LogP contribution in [0.2, 0.25) is 0 Å². The molecule has 0 aromatic rings. The fourth-order valence-corrected chi connectivity index (χ4v) is 2.94. The number of piperidine rings is 1. The Balaban J connectivity index is 1.53. The molecule has 0 bridgehead atoms. The van der Waals surface area contributed by atoms with Crippen molar-refractivity contribution in [2.45, 2.75) is 51.2 Å². The smallest absolute Gasteiger partial charge is 0.0601 e. The highest BCUT2D eigenvalue weighted by Crippen LogP contribution is 2.22. The van der Waals surface area contributed by atoms with Crippen molar-refractivity contribution < 1.29 is 4.74 Å². The first-order valence-corrected chi connectivity index (χ1v) is 7.26. The molecular formula is C14H28N2O. The molecule has 1 aliphatic heterocycles. The second kappa shape index (κ2) is 6.72. The van der Waals surface area contributed by atoms with Gasteiger partial charge in [0.15, 0.2) is 0 Å². The van der Waals surface area contributed by atoms with Crippen LogP contribution in [0.25, 0.3) is 0 Å². The van der Waals surface area contributed by atoms with E-state index in [-0.39, 0.29) is 0 Å². The molecular weight excluding hydrogens is 212 g/mol. The fourth-order valence-electron chi connectivity index (χ4n) is 2.94. The highest BCUT2D eigenvalue weighted by molar-refractivity contribution is 4.86. The Bertz CT molecular complexity index is 210. The van der Waals surface area contributed by atoms with Gasteiger partial charge in [-0.05, 0) is 51.2 Å². The van der Waals surface area contributed by atoms with Crippen LogP contribution in [-0.4, -0.2) is 50.3 Å². The van der Waals surface area contributed by atoms with E-state index in [0.717, 1.165) is 12.5 Å². The molecule has 3 nitrogen and oxygen atoms in total. The van der Waals surface area contributed by atoms with Gasteiger partial charge in [0.05, 0.1) is 6.10 Å². The number of methoxy groups -OCH3 is 1. The summed E-state index contributed by atoms with van der Waals surface area (Å²) in [5.74, 6) is 0.773. The SMILES string of the molecule is COC1CC(NCC(C)CN2CCCCC2)C1. The average Bonchev–Trinajstić information content (AvgIpc) is 2.28. The van der Waals surface area contributed by atoms with Gasteiger partial charge in [-0.25, -0.2) is 0 Å². The minimum atomic E-state index is 0.518. The Morgan fingerprint density at radius 2 is 1.94 bits per heavy atom. The van der Waals surface area contributed by atoms with Crippen molar-refractivity contribution in [2.75, 3.05) is 33.3 Å². The fraction of sp³-hybridized carbons (Fsp3) is 1.00. The predicted octanol–water partition coefficient (Wildman–Crippen LogP) is 1.88. The number of nitrogens with one attached hydrogen (secondary N) is 1. The van der Waals surface area contributed by atoms with Crippen LogP contribution in [0.3, 0.4) is 0 Å². The summed E-state index contributed by atoms with van der Waals surface area (Å²) < 4.78 is 5.30. The van der Waals surface area contributed by atoms with Crippen LogP contribution >= 0.6 is 0 Å². The number of ether oxygens (including phenoxy) is 1. The zero-order valence-corrected chi connectivity index (χ0v) is 11.5. The largest absolute Gasteiger partial charge is 0.381 e. The van der Waals surface area contributed by atoms with Gasteiger partial charge in [-0.15, -0.1) is 0 Å². The molecule has 3 heteroatoms. The van der Waals surface area contributed by atoms with Gasteiger partial charge >= 0.3 is 0 Å². The molecule has 1 saturated carbocycles. The maximum Gasteiger partial charge on any atom is 0.0601 e. The van der Waals surface area contributed by atoms with Crippen LogP contribution in [-0.2, 0) is 4.74 Å². The van der Waals surface area contributed by atoms with Crippen LogP contribution in [0, 0.1) is 5.92 Å². The van der Waals surface area contributed by atoms with Crippen LogP contribution < -0.4 is 5.32 Å². The third kappa shape index (κ3) is 4.23. The maximum atomic E-state index is 5.30. The molecule has 0 aromatic carbocycles. The number of hydrogen-bond donors (Lipinski definition) is 1. The van der Waals surface area contributed by atoms with Crippen molar-refractivity contribution >= 4 is 0 Å². The Morgan fingerprint density at radius 1 is 1.24 bits per heavy atom. The molecule has 1 unspecified atom stereocenters. The Kier molecular flexibility index (Phi) is 5.26. The first kappa shape index (κ1) is 13.3. The number of nitrogens with zero attached hydrogens (tertiary/aromatic N) is 1. The zero-order chi connectivity index (χ0) is 12.1. The molecule has 1 aliphatic carbocycles. The van der Waals surface area contributed by atoms with Crippen LogP contribution in [0.5, 0.6) is 0 Å². The number of hydrogen-bond acceptors (Lipinski definition) is 3. The summed E-state index contributed by atoms with van der Waals surface area (Å²) in [6, 6.07) is 0.712. The molecule has 1 atom stereocenters. The standard InChI is InChI=1S/C14H28N2O/c1-12(11-16-6-4-3-5-7-16)10-15-13-8-14(9-13)17-2/h12-15H,3-11H2,1-2H3. The van der Waals surface area contributed by atoms with Crippen molar-refractivity contribution in [1.29, 1.82) is 0 Å². The maximum absolute atomic E-state index is 5.30. The molecule has 17 heavy (non-hydrogen) atoms. The van der Waals surface area contributed by atoms with Gasteiger partial charge in [0.25, 0.3) is 0 Å². The van der Waals surface area contributed by atoms with Gasteiger partial charge in [0.2, 0.25) is 0 Å². The van der Waals surface area contributed by atoms with Crippen molar-refractivity contribution in [3.63, 3.8) is 0 Å². The molecule has 0 amide bonds. The quantitative estimate of drug-likeness (QED) is 0.767. The molecule has 1 heterocycles. The van der Waals surface area contributed by atoms with Crippen LogP contribution in [0.4, 0.5) is 0 Å². The third-order valence-corrected chi connectivity index (χ3v) is 4.20. The van der Waals surface area contributed by atoms with Crippen LogP contribution in [0.15, 0.2) is 0 Å². The second-order valence-electron chi connectivity index (χ2n) is 5.90. The monoisotopic (exact) mass is 240 g/mol. The molecule has 0 radical (unpaired) electrons. The topological polar surface area (TPSA) is 24.5 Å². The normalized spacial score (nSPS) is 32.1. The summed E-state index contributed by atoms with van der Waals surface area (Å²) in [5, 5.41) is 3.67. The molecule has 0 spiro atoms. The van der Waals surface area contributed by atoms with Gasteiger partial charge in [-0.1, -0.05) is 13.3 Å². The lowest BCUT2D eigenvalue weighted by atomic mass is 9.89. The summed E-state index contributed by atoms with van der Waals surface area (Å²) in [4.78, 5) is 2.63. The van der Waals surface area contributed by atoms with E-state index in [1.54, 1.807) is 0 Å². The Labute approximate surface area is 106 Å². The first-order chi connectivity index (χ1) is 8.28. The summed E-state index contributed by atoms with van der Waals surface area (Å²) in [6.07, 6.45) is 7.16. The van der Waals surface area contributed by atoms with Gasteiger partial charge < -0.3 is 15.0 Å². The van der Waals surface area contributed by atoms with E-state index in [1.165, 1.54) is 51.7 Å². The lowest BCUT2D eigenvalue weighted by Crippen LogP contribution is -2.47. The second-order valence-corrected chi connectivity index (χ2v) is 5.90. The predicted molar refractivity (Wildman–Crippen MR) is 71.3 cm³/mol. The highest BCUT2D eigenvalue weighted by atomic mass is 16.5. The molecule has 2 aliphatic rings. The summed E-state index contributed by atoms with van der Waals surface area (Å²) in [5.41, 5.74) is 0. The van der Waals surface area contributed by atoms with Gasteiger partial charge in [0, 0.05) is 19.7 Å².